The molecule has 2 aromatic carbocycles. The minimum atomic E-state index is -4.80. The summed E-state index contributed by atoms with van der Waals surface area (Å²) in [5.41, 5.74) is -2.59. The predicted molar refractivity (Wildman–Crippen MR) is 150 cm³/mol. The topological polar surface area (TPSA) is 110 Å². The Labute approximate surface area is 248 Å². The van der Waals surface area contributed by atoms with Gasteiger partial charge in [-0.3, -0.25) is 9.10 Å². The lowest BCUT2D eigenvalue weighted by Crippen LogP contribution is -2.45. The second-order valence-electron chi connectivity index (χ2n) is 11.4. The number of alkyl halides is 3. The van der Waals surface area contributed by atoms with Crippen molar-refractivity contribution in [3.8, 4) is 5.75 Å². The number of piperidine rings is 1. The van der Waals surface area contributed by atoms with Crippen molar-refractivity contribution in [2.75, 3.05) is 29.7 Å². The summed E-state index contributed by atoms with van der Waals surface area (Å²) in [6.45, 7) is 4.02. The Kier molecular flexibility index (Phi) is 9.39. The van der Waals surface area contributed by atoms with E-state index in [9.17, 15) is 39.2 Å². The second-order valence-corrected chi connectivity index (χ2v) is 15.3. The third-order valence-electron chi connectivity index (χ3n) is 7.59. The highest BCUT2D eigenvalue weighted by Crippen LogP contribution is 2.39. The van der Waals surface area contributed by atoms with Gasteiger partial charge in [0.25, 0.3) is 10.0 Å². The first-order valence-corrected chi connectivity index (χ1v) is 16.8. The number of sulfonamides is 2. The van der Waals surface area contributed by atoms with E-state index in [1.54, 1.807) is 0 Å². The number of anilines is 1. The fourth-order valence-corrected chi connectivity index (χ4v) is 7.88. The predicted octanol–water partition coefficient (Wildman–Crippen LogP) is 4.66. The van der Waals surface area contributed by atoms with Crippen molar-refractivity contribution in [2.24, 2.45) is 5.92 Å². The quantitative estimate of drug-likeness (QED) is 0.287. The zero-order valence-corrected chi connectivity index (χ0v) is 25.6. The summed E-state index contributed by atoms with van der Waals surface area (Å²) in [5.74, 6) is -1.61. The molecule has 0 radical (unpaired) electrons. The maximum Gasteiger partial charge on any atom is 0.427 e. The summed E-state index contributed by atoms with van der Waals surface area (Å²) in [6, 6.07) is 8.16. The molecule has 2 aliphatic heterocycles. The normalized spacial score (nSPS) is 19.0. The molecule has 0 amide bonds. The number of carbonyl (C=O) groups excluding carboxylic acids is 1. The van der Waals surface area contributed by atoms with E-state index in [2.05, 4.69) is 11.7 Å². The van der Waals surface area contributed by atoms with Gasteiger partial charge in [0, 0.05) is 19.5 Å². The molecule has 43 heavy (non-hydrogen) atoms. The van der Waals surface area contributed by atoms with Gasteiger partial charge < -0.3 is 9.47 Å². The van der Waals surface area contributed by atoms with Crippen LogP contribution < -0.4 is 9.04 Å². The molecule has 0 bridgehead atoms. The summed E-state index contributed by atoms with van der Waals surface area (Å²) in [6.07, 6.45) is -4.79. The van der Waals surface area contributed by atoms with Gasteiger partial charge >= 0.3 is 12.1 Å². The van der Waals surface area contributed by atoms with E-state index < -0.39 is 56.1 Å². The molecule has 238 valence electrons. The third-order valence-corrected chi connectivity index (χ3v) is 11.3. The molecule has 0 saturated carbocycles. The molecule has 2 aliphatic rings. The number of nitrogens with zero attached hydrogens (tertiary/aromatic N) is 2. The number of hydrogen-bond acceptors (Lipinski definition) is 7. The molecule has 0 spiro atoms. The summed E-state index contributed by atoms with van der Waals surface area (Å²) in [7, 11) is -7.96. The molecular formula is C28H34F4N2O7S2. The molecule has 15 heteroatoms. The lowest BCUT2D eigenvalue weighted by molar-refractivity contribution is -0.257. The van der Waals surface area contributed by atoms with E-state index in [0.29, 0.717) is 19.0 Å². The number of halogens is 4. The molecule has 2 aromatic rings. The fourth-order valence-electron chi connectivity index (χ4n) is 4.80. The number of benzene rings is 2. The van der Waals surface area contributed by atoms with Gasteiger partial charge in [-0.25, -0.2) is 25.5 Å². The SMILES string of the molecule is CC1CCN(S(=O)(=O)CC[C@H]2CN(S(=O)(=O)c3ccc(F)cc3)c3cc(CC(=O)OC(C)(C)C(F)(F)F)ccc3O2)CC1. The van der Waals surface area contributed by atoms with Crippen molar-refractivity contribution in [3.05, 3.63) is 53.8 Å². The van der Waals surface area contributed by atoms with Gasteiger partial charge in [-0.1, -0.05) is 13.0 Å². The average molecular weight is 651 g/mol. The van der Waals surface area contributed by atoms with Crippen LogP contribution in [0, 0.1) is 11.7 Å². The minimum absolute atomic E-state index is 0.00571. The molecule has 1 atom stereocenters. The van der Waals surface area contributed by atoms with Crippen molar-refractivity contribution in [3.63, 3.8) is 0 Å². The van der Waals surface area contributed by atoms with Gasteiger partial charge in [0.1, 0.15) is 17.7 Å². The largest absolute Gasteiger partial charge is 0.486 e. The van der Waals surface area contributed by atoms with Crippen molar-refractivity contribution in [1.82, 2.24) is 4.31 Å². The van der Waals surface area contributed by atoms with Crippen LogP contribution in [0.4, 0.5) is 23.2 Å². The first kappa shape index (κ1) is 33.0. The van der Waals surface area contributed by atoms with E-state index in [0.717, 1.165) is 55.3 Å². The fraction of sp³-hybridized carbons (Fsp3) is 0.536. The number of carbonyl (C=O) groups is 1. The van der Waals surface area contributed by atoms with Crippen LogP contribution in [0.3, 0.4) is 0 Å². The van der Waals surface area contributed by atoms with Gasteiger partial charge in [-0.2, -0.15) is 13.2 Å². The van der Waals surface area contributed by atoms with Crippen LogP contribution in [0.2, 0.25) is 0 Å². The van der Waals surface area contributed by atoms with Crippen LogP contribution in [0.1, 0.15) is 45.6 Å². The first-order valence-electron chi connectivity index (χ1n) is 13.7. The highest BCUT2D eigenvalue weighted by atomic mass is 32.2. The smallest absolute Gasteiger partial charge is 0.427 e. The standard InChI is InChI=1S/C28H34F4N2O7S2/c1-19-10-13-33(14-11-19)42(36,37)15-12-22-18-34(43(38,39)23-7-5-21(29)6-8-23)24-16-20(4-9-25(24)40-22)17-26(35)41-27(2,3)28(30,31)32/h4-9,16,19,22H,10-15,17-18H2,1-3H3/t22-/m0/s1. The number of rotatable bonds is 9. The third kappa shape index (κ3) is 7.60. The highest BCUT2D eigenvalue weighted by molar-refractivity contribution is 7.92. The van der Waals surface area contributed by atoms with E-state index in [4.69, 9.17) is 4.74 Å². The molecule has 0 unspecified atom stereocenters. The highest BCUT2D eigenvalue weighted by Gasteiger charge is 2.50. The summed E-state index contributed by atoms with van der Waals surface area (Å²) in [5, 5.41) is 0. The van der Waals surface area contributed by atoms with Gasteiger partial charge in [0.15, 0.2) is 0 Å². The van der Waals surface area contributed by atoms with E-state index >= 15 is 0 Å². The van der Waals surface area contributed by atoms with E-state index in [1.807, 2.05) is 0 Å². The van der Waals surface area contributed by atoms with Gasteiger partial charge in [-0.15, -0.1) is 0 Å². The van der Waals surface area contributed by atoms with Crippen LogP contribution in [0.5, 0.6) is 5.75 Å². The van der Waals surface area contributed by atoms with Crippen molar-refractivity contribution in [2.45, 2.75) is 69.2 Å². The molecule has 0 N–H and O–H groups in total. The maximum absolute atomic E-state index is 13.7. The van der Waals surface area contributed by atoms with Crippen molar-refractivity contribution < 1.29 is 48.7 Å². The van der Waals surface area contributed by atoms with Crippen LogP contribution in [0.15, 0.2) is 47.4 Å². The molecule has 1 saturated heterocycles. The Hall–Kier alpha value is -2.91. The molecule has 9 nitrogen and oxygen atoms in total. The van der Waals surface area contributed by atoms with Gasteiger partial charge in [-0.05, 0) is 74.6 Å². The zero-order chi connectivity index (χ0) is 31.8. The lowest BCUT2D eigenvalue weighted by atomic mass is 10.0. The summed E-state index contributed by atoms with van der Waals surface area (Å²) >= 11 is 0. The molecule has 1 fully saturated rings. The molecule has 0 aliphatic carbocycles. The Morgan fingerprint density at radius 1 is 1.02 bits per heavy atom. The van der Waals surface area contributed by atoms with Crippen LogP contribution in [0.25, 0.3) is 0 Å². The van der Waals surface area contributed by atoms with Crippen molar-refractivity contribution >= 4 is 31.7 Å². The molecule has 2 heterocycles. The molecule has 4 rings (SSSR count). The second kappa shape index (κ2) is 12.2. The average Bonchev–Trinajstić information content (AvgIpc) is 2.91. The summed E-state index contributed by atoms with van der Waals surface area (Å²) < 4.78 is 120. The Morgan fingerprint density at radius 3 is 2.26 bits per heavy atom. The first-order chi connectivity index (χ1) is 19.9. The van der Waals surface area contributed by atoms with Crippen molar-refractivity contribution in [1.29, 1.82) is 0 Å². The Morgan fingerprint density at radius 2 is 1.65 bits per heavy atom. The van der Waals surface area contributed by atoms with Gasteiger partial charge in [0.2, 0.25) is 15.6 Å². The van der Waals surface area contributed by atoms with E-state index in [1.165, 1.54) is 22.5 Å². The zero-order valence-electron chi connectivity index (χ0n) is 23.9. The van der Waals surface area contributed by atoms with E-state index in [-0.39, 0.29) is 40.6 Å². The number of ether oxygens (including phenoxy) is 2. The number of hydrogen-bond donors (Lipinski definition) is 0. The molecule has 0 aromatic heterocycles. The Bertz CT molecular complexity index is 1540. The number of fused-ring (bicyclic) bond motifs is 1. The monoisotopic (exact) mass is 650 g/mol. The minimum Gasteiger partial charge on any atom is -0.486 e. The van der Waals surface area contributed by atoms with Crippen LogP contribution in [-0.4, -0.2) is 70.4 Å². The van der Waals surface area contributed by atoms with Gasteiger partial charge in [0.05, 0.1) is 29.3 Å². The Balaban J connectivity index is 1.60. The number of esters is 1. The molecular weight excluding hydrogens is 616 g/mol. The van der Waals surface area contributed by atoms with Crippen LogP contribution >= 0.6 is 0 Å². The maximum atomic E-state index is 13.7. The lowest BCUT2D eigenvalue weighted by Gasteiger charge is -2.36. The summed E-state index contributed by atoms with van der Waals surface area (Å²) in [4.78, 5) is 12.1. The van der Waals surface area contributed by atoms with Crippen LogP contribution in [-0.2, 0) is 36.0 Å².